The Bertz CT molecular complexity index is 856. The predicted octanol–water partition coefficient (Wildman–Crippen LogP) is 4.10. The summed E-state index contributed by atoms with van der Waals surface area (Å²) >= 11 is 5.76. The fraction of sp³-hybridized carbons (Fsp3) is 0.222. The molecule has 9 heteroatoms. The zero-order valence-corrected chi connectivity index (χ0v) is 15.1. The first-order chi connectivity index (χ1) is 12.6. The molecule has 144 valence electrons. The SMILES string of the molecule is CC(C)(Oc1ccc(Cl)cc1)C(=O)OCC(=O)Nc1ccc(F)c(F)c1F. The molecule has 2 aromatic carbocycles. The second-order valence-corrected chi connectivity index (χ2v) is 6.35. The molecule has 2 rings (SSSR count). The fourth-order valence-corrected chi connectivity index (χ4v) is 2.08. The third-order valence-electron chi connectivity index (χ3n) is 3.32. The molecule has 1 N–H and O–H groups in total. The van der Waals surface area contributed by atoms with Crippen LogP contribution in [0.1, 0.15) is 13.8 Å². The van der Waals surface area contributed by atoms with Crippen molar-refractivity contribution in [3.63, 3.8) is 0 Å². The first-order valence-electron chi connectivity index (χ1n) is 7.65. The summed E-state index contributed by atoms with van der Waals surface area (Å²) in [6.07, 6.45) is 0. The van der Waals surface area contributed by atoms with Gasteiger partial charge in [-0.3, -0.25) is 4.79 Å². The van der Waals surface area contributed by atoms with E-state index < -0.39 is 47.2 Å². The molecule has 0 unspecified atom stereocenters. The summed E-state index contributed by atoms with van der Waals surface area (Å²) in [4.78, 5) is 23.9. The number of benzene rings is 2. The summed E-state index contributed by atoms with van der Waals surface area (Å²) in [5, 5.41) is 2.48. The Morgan fingerprint density at radius 1 is 1.04 bits per heavy atom. The molecule has 27 heavy (non-hydrogen) atoms. The summed E-state index contributed by atoms with van der Waals surface area (Å²) in [5.74, 6) is -6.11. The number of carbonyl (C=O) groups excluding carboxylic acids is 2. The second kappa shape index (κ2) is 8.30. The molecule has 0 aliphatic carbocycles. The van der Waals surface area contributed by atoms with Crippen LogP contribution >= 0.6 is 11.6 Å². The highest BCUT2D eigenvalue weighted by Crippen LogP contribution is 2.22. The van der Waals surface area contributed by atoms with E-state index in [0.29, 0.717) is 16.8 Å². The van der Waals surface area contributed by atoms with Crippen LogP contribution < -0.4 is 10.1 Å². The topological polar surface area (TPSA) is 64.6 Å². The van der Waals surface area contributed by atoms with Crippen LogP contribution in [0, 0.1) is 17.5 Å². The first kappa shape index (κ1) is 20.6. The van der Waals surface area contributed by atoms with Gasteiger partial charge in [-0.25, -0.2) is 18.0 Å². The van der Waals surface area contributed by atoms with Gasteiger partial charge in [-0.1, -0.05) is 11.6 Å². The summed E-state index contributed by atoms with van der Waals surface area (Å²) in [7, 11) is 0. The minimum absolute atomic E-state index is 0.356. The normalized spacial score (nSPS) is 11.0. The molecule has 1 amide bonds. The van der Waals surface area contributed by atoms with Gasteiger partial charge >= 0.3 is 5.97 Å². The number of ether oxygens (including phenoxy) is 2. The monoisotopic (exact) mass is 401 g/mol. The van der Waals surface area contributed by atoms with Gasteiger partial charge in [0.2, 0.25) is 0 Å². The third kappa shape index (κ3) is 5.37. The number of carbonyl (C=O) groups is 2. The molecule has 2 aromatic rings. The highest BCUT2D eigenvalue weighted by atomic mass is 35.5. The van der Waals surface area contributed by atoms with Crippen LogP contribution in [0.4, 0.5) is 18.9 Å². The molecular weight excluding hydrogens is 387 g/mol. The number of nitrogens with one attached hydrogen (secondary N) is 1. The lowest BCUT2D eigenvalue weighted by Crippen LogP contribution is -2.41. The van der Waals surface area contributed by atoms with Crippen molar-refractivity contribution in [1.29, 1.82) is 0 Å². The predicted molar refractivity (Wildman–Crippen MR) is 92.1 cm³/mol. The molecule has 0 heterocycles. The van der Waals surface area contributed by atoms with Crippen molar-refractivity contribution in [1.82, 2.24) is 0 Å². The smallest absolute Gasteiger partial charge is 0.350 e. The van der Waals surface area contributed by atoms with Crippen molar-refractivity contribution < 1.29 is 32.2 Å². The van der Waals surface area contributed by atoms with E-state index in [-0.39, 0.29) is 0 Å². The summed E-state index contributed by atoms with van der Waals surface area (Å²) in [6.45, 7) is 2.08. The van der Waals surface area contributed by atoms with Gasteiger partial charge in [0, 0.05) is 5.02 Å². The maximum Gasteiger partial charge on any atom is 0.350 e. The number of hydrogen-bond donors (Lipinski definition) is 1. The van der Waals surface area contributed by atoms with E-state index in [2.05, 4.69) is 0 Å². The molecule has 0 bridgehead atoms. The molecule has 0 radical (unpaired) electrons. The van der Waals surface area contributed by atoms with Gasteiger partial charge in [0.25, 0.3) is 5.91 Å². The number of halogens is 4. The lowest BCUT2D eigenvalue weighted by Gasteiger charge is -2.24. The summed E-state index contributed by atoms with van der Waals surface area (Å²) < 4.78 is 49.9. The van der Waals surface area contributed by atoms with Crippen molar-refractivity contribution in [2.24, 2.45) is 0 Å². The van der Waals surface area contributed by atoms with E-state index in [0.717, 1.165) is 6.07 Å². The Kier molecular flexibility index (Phi) is 6.32. The number of hydrogen-bond acceptors (Lipinski definition) is 4. The third-order valence-corrected chi connectivity index (χ3v) is 3.57. The first-order valence-corrected chi connectivity index (χ1v) is 8.03. The number of rotatable bonds is 6. The average molecular weight is 402 g/mol. The van der Waals surface area contributed by atoms with Gasteiger partial charge in [-0.2, -0.15) is 0 Å². The number of amides is 1. The van der Waals surface area contributed by atoms with Crippen LogP contribution in [0.2, 0.25) is 5.02 Å². The van der Waals surface area contributed by atoms with E-state index in [1.807, 2.05) is 5.32 Å². The molecule has 0 aromatic heterocycles. The minimum Gasteiger partial charge on any atom is -0.476 e. The van der Waals surface area contributed by atoms with Crippen molar-refractivity contribution in [3.05, 3.63) is 58.9 Å². The zero-order chi connectivity index (χ0) is 20.2. The van der Waals surface area contributed by atoms with Crippen LogP contribution in [0.5, 0.6) is 5.75 Å². The Morgan fingerprint density at radius 3 is 2.30 bits per heavy atom. The van der Waals surface area contributed by atoms with Crippen LogP contribution in [0.15, 0.2) is 36.4 Å². The van der Waals surface area contributed by atoms with Crippen molar-refractivity contribution >= 4 is 29.2 Å². The molecule has 5 nitrogen and oxygen atoms in total. The number of esters is 1. The Balaban J connectivity index is 1.92. The van der Waals surface area contributed by atoms with Crippen LogP contribution in [-0.4, -0.2) is 24.1 Å². The van der Waals surface area contributed by atoms with Gasteiger partial charge in [0.05, 0.1) is 5.69 Å². The standard InChI is InChI=1S/C18H15ClF3NO4/c1-18(2,27-11-5-3-10(19)4-6-11)17(25)26-9-14(24)23-13-8-7-12(20)15(21)16(13)22/h3-8H,9H2,1-2H3,(H,23,24). The summed E-state index contributed by atoms with van der Waals surface area (Å²) in [6, 6.07) is 7.75. The van der Waals surface area contributed by atoms with Crippen molar-refractivity contribution in [2.75, 3.05) is 11.9 Å². The molecule has 0 aliphatic heterocycles. The Morgan fingerprint density at radius 2 is 1.67 bits per heavy atom. The quantitative estimate of drug-likeness (QED) is 0.584. The van der Waals surface area contributed by atoms with Gasteiger partial charge in [0.15, 0.2) is 29.7 Å². The van der Waals surface area contributed by atoms with Gasteiger partial charge < -0.3 is 14.8 Å². The highest BCUT2D eigenvalue weighted by molar-refractivity contribution is 6.30. The van der Waals surface area contributed by atoms with E-state index in [1.165, 1.54) is 13.8 Å². The van der Waals surface area contributed by atoms with E-state index >= 15 is 0 Å². The van der Waals surface area contributed by atoms with E-state index in [9.17, 15) is 22.8 Å². The molecular formula is C18H15ClF3NO4. The maximum atomic E-state index is 13.5. The number of anilines is 1. The molecule has 0 fully saturated rings. The molecule has 0 aliphatic rings. The van der Waals surface area contributed by atoms with Crippen LogP contribution in [-0.2, 0) is 14.3 Å². The lowest BCUT2D eigenvalue weighted by atomic mass is 10.1. The Hall–Kier alpha value is -2.74. The fourth-order valence-electron chi connectivity index (χ4n) is 1.95. The van der Waals surface area contributed by atoms with Crippen LogP contribution in [0.3, 0.4) is 0 Å². The van der Waals surface area contributed by atoms with Gasteiger partial charge in [0.1, 0.15) is 5.75 Å². The maximum absolute atomic E-state index is 13.5. The molecule has 0 spiro atoms. The summed E-state index contributed by atoms with van der Waals surface area (Å²) in [5.41, 5.74) is -2.01. The Labute approximate surface area is 158 Å². The molecule has 0 atom stereocenters. The zero-order valence-electron chi connectivity index (χ0n) is 14.3. The lowest BCUT2D eigenvalue weighted by molar-refractivity contribution is -0.161. The van der Waals surface area contributed by atoms with E-state index in [1.54, 1.807) is 24.3 Å². The average Bonchev–Trinajstić information content (AvgIpc) is 2.62. The molecule has 0 saturated carbocycles. The van der Waals surface area contributed by atoms with Gasteiger partial charge in [-0.15, -0.1) is 0 Å². The van der Waals surface area contributed by atoms with Crippen LogP contribution in [0.25, 0.3) is 0 Å². The van der Waals surface area contributed by atoms with Crippen molar-refractivity contribution in [2.45, 2.75) is 19.4 Å². The van der Waals surface area contributed by atoms with Gasteiger partial charge in [-0.05, 0) is 50.2 Å². The largest absolute Gasteiger partial charge is 0.476 e. The van der Waals surface area contributed by atoms with Crippen molar-refractivity contribution in [3.8, 4) is 5.75 Å². The van der Waals surface area contributed by atoms with E-state index in [4.69, 9.17) is 21.1 Å². The highest BCUT2D eigenvalue weighted by Gasteiger charge is 2.32. The molecule has 0 saturated heterocycles. The second-order valence-electron chi connectivity index (χ2n) is 5.91. The minimum atomic E-state index is -1.72.